The van der Waals surface area contributed by atoms with Gasteiger partial charge in [0.05, 0.1) is 30.0 Å². The van der Waals surface area contributed by atoms with Crippen molar-refractivity contribution < 1.29 is 17.9 Å². The molecule has 7 nitrogen and oxygen atoms in total. The Labute approximate surface area is 175 Å². The number of hydrogen-bond acceptors (Lipinski definition) is 5. The Balaban J connectivity index is 1.68. The van der Waals surface area contributed by atoms with Crippen molar-refractivity contribution >= 4 is 21.4 Å². The lowest BCUT2D eigenvalue weighted by Gasteiger charge is -2.13. The molecular weight excluding hydrogens is 402 g/mol. The fourth-order valence-corrected chi connectivity index (χ4v) is 4.17. The summed E-state index contributed by atoms with van der Waals surface area (Å²) in [6, 6.07) is 17.3. The van der Waals surface area contributed by atoms with Crippen LogP contribution in [0.3, 0.4) is 0 Å². The maximum atomic E-state index is 12.9. The smallest absolute Gasteiger partial charge is 0.262 e. The molecule has 0 unspecified atom stereocenters. The normalized spacial score (nSPS) is 11.4. The molecule has 30 heavy (non-hydrogen) atoms. The number of nitrogens with zero attached hydrogens (tertiary/aromatic N) is 2. The van der Waals surface area contributed by atoms with Gasteiger partial charge in [-0.05, 0) is 61.5 Å². The zero-order valence-electron chi connectivity index (χ0n) is 16.6. The largest absolute Gasteiger partial charge is 0.495 e. The molecule has 0 radical (unpaired) electrons. The third-order valence-electron chi connectivity index (χ3n) is 4.55. The summed E-state index contributed by atoms with van der Waals surface area (Å²) in [6.45, 7) is 2.38. The van der Waals surface area contributed by atoms with Gasteiger partial charge in [-0.1, -0.05) is 6.07 Å². The second kappa shape index (κ2) is 8.08. The van der Waals surface area contributed by atoms with Crippen molar-refractivity contribution in [1.82, 2.24) is 9.38 Å². The number of sulfonamides is 1. The molecule has 2 aromatic carbocycles. The van der Waals surface area contributed by atoms with Crippen molar-refractivity contribution in [3.63, 3.8) is 0 Å². The standard InChI is InChI=1S/C22H21N3O4S/c1-3-29-17-8-10-18(11-9-17)30(26,27)24-19-14-16(7-12-21(19)28-2)20-15-25-13-5-4-6-22(25)23-20/h4-15,24H,3H2,1-2H3. The summed E-state index contributed by atoms with van der Waals surface area (Å²) in [7, 11) is -2.32. The summed E-state index contributed by atoms with van der Waals surface area (Å²) < 4.78 is 41.1. The van der Waals surface area contributed by atoms with Crippen LogP contribution in [-0.2, 0) is 10.0 Å². The summed E-state index contributed by atoms with van der Waals surface area (Å²) in [5, 5.41) is 0. The van der Waals surface area contributed by atoms with E-state index in [0.29, 0.717) is 23.8 Å². The number of aromatic nitrogens is 2. The third-order valence-corrected chi connectivity index (χ3v) is 5.93. The van der Waals surface area contributed by atoms with E-state index in [1.807, 2.05) is 48.0 Å². The summed E-state index contributed by atoms with van der Waals surface area (Å²) in [6.07, 6.45) is 3.80. The number of ether oxygens (including phenoxy) is 2. The molecule has 0 bridgehead atoms. The minimum absolute atomic E-state index is 0.131. The SMILES string of the molecule is CCOc1ccc(S(=O)(=O)Nc2cc(-c3cn4ccccc4n3)ccc2OC)cc1. The highest BCUT2D eigenvalue weighted by Gasteiger charge is 2.18. The molecule has 2 heterocycles. The van der Waals surface area contributed by atoms with Gasteiger partial charge in [0.1, 0.15) is 17.1 Å². The first-order chi connectivity index (χ1) is 14.5. The zero-order chi connectivity index (χ0) is 21.1. The van der Waals surface area contributed by atoms with Gasteiger partial charge in [0, 0.05) is 18.0 Å². The first kappa shape index (κ1) is 19.8. The predicted molar refractivity (Wildman–Crippen MR) is 116 cm³/mol. The van der Waals surface area contributed by atoms with Gasteiger partial charge >= 0.3 is 0 Å². The molecule has 1 N–H and O–H groups in total. The Morgan fingerprint density at radius 1 is 1.07 bits per heavy atom. The predicted octanol–water partition coefficient (Wildman–Crippen LogP) is 4.21. The summed E-state index contributed by atoms with van der Waals surface area (Å²) in [4.78, 5) is 4.72. The number of methoxy groups -OCH3 is 1. The second-order valence-corrected chi connectivity index (χ2v) is 8.20. The van der Waals surface area contributed by atoms with E-state index in [2.05, 4.69) is 9.71 Å². The van der Waals surface area contributed by atoms with Crippen LogP contribution in [0.1, 0.15) is 6.92 Å². The molecule has 154 valence electrons. The van der Waals surface area contributed by atoms with Gasteiger partial charge in [0.15, 0.2) is 0 Å². The van der Waals surface area contributed by atoms with Crippen LogP contribution in [0.15, 0.2) is 78.0 Å². The van der Waals surface area contributed by atoms with Gasteiger partial charge in [0.25, 0.3) is 10.0 Å². The topological polar surface area (TPSA) is 81.9 Å². The number of rotatable bonds is 7. The van der Waals surface area contributed by atoms with Crippen molar-refractivity contribution in [2.24, 2.45) is 0 Å². The van der Waals surface area contributed by atoms with E-state index in [1.165, 1.54) is 19.2 Å². The van der Waals surface area contributed by atoms with Crippen LogP contribution in [-0.4, -0.2) is 31.5 Å². The average molecular weight is 423 g/mol. The van der Waals surface area contributed by atoms with Crippen LogP contribution in [0.4, 0.5) is 5.69 Å². The van der Waals surface area contributed by atoms with E-state index < -0.39 is 10.0 Å². The number of benzene rings is 2. The van der Waals surface area contributed by atoms with Crippen molar-refractivity contribution in [2.75, 3.05) is 18.4 Å². The maximum absolute atomic E-state index is 12.9. The van der Waals surface area contributed by atoms with Crippen LogP contribution < -0.4 is 14.2 Å². The fourth-order valence-electron chi connectivity index (χ4n) is 3.11. The molecule has 4 rings (SSSR count). The average Bonchev–Trinajstić information content (AvgIpc) is 3.18. The van der Waals surface area contributed by atoms with Crippen LogP contribution in [0.5, 0.6) is 11.5 Å². The number of hydrogen-bond donors (Lipinski definition) is 1. The molecule has 0 saturated carbocycles. The van der Waals surface area contributed by atoms with Gasteiger partial charge < -0.3 is 13.9 Å². The number of anilines is 1. The molecule has 0 amide bonds. The maximum Gasteiger partial charge on any atom is 0.262 e. The molecule has 0 fully saturated rings. The van der Waals surface area contributed by atoms with Crippen LogP contribution in [0.2, 0.25) is 0 Å². The number of imidazole rings is 1. The van der Waals surface area contributed by atoms with Crippen molar-refractivity contribution in [3.8, 4) is 22.8 Å². The van der Waals surface area contributed by atoms with Crippen molar-refractivity contribution in [2.45, 2.75) is 11.8 Å². The van der Waals surface area contributed by atoms with E-state index in [-0.39, 0.29) is 4.90 Å². The monoisotopic (exact) mass is 423 g/mol. The molecule has 4 aromatic rings. The van der Waals surface area contributed by atoms with Gasteiger partial charge in [0.2, 0.25) is 0 Å². The molecular formula is C22H21N3O4S. The van der Waals surface area contributed by atoms with E-state index in [0.717, 1.165) is 16.9 Å². The Kier molecular flexibility index (Phi) is 5.33. The molecule has 0 atom stereocenters. The minimum Gasteiger partial charge on any atom is -0.495 e. The molecule has 0 aliphatic rings. The highest BCUT2D eigenvalue weighted by molar-refractivity contribution is 7.92. The lowest BCUT2D eigenvalue weighted by Crippen LogP contribution is -2.13. The van der Waals surface area contributed by atoms with E-state index in [1.54, 1.807) is 24.3 Å². The van der Waals surface area contributed by atoms with Gasteiger partial charge in [-0.25, -0.2) is 13.4 Å². The summed E-state index contributed by atoms with van der Waals surface area (Å²) in [5.74, 6) is 1.03. The summed E-state index contributed by atoms with van der Waals surface area (Å²) in [5.41, 5.74) is 2.63. The minimum atomic E-state index is -3.81. The molecule has 0 aliphatic carbocycles. The Bertz CT molecular complexity index is 1250. The van der Waals surface area contributed by atoms with E-state index in [9.17, 15) is 8.42 Å². The van der Waals surface area contributed by atoms with Gasteiger partial charge in [-0.2, -0.15) is 0 Å². The first-order valence-electron chi connectivity index (χ1n) is 9.38. The number of pyridine rings is 1. The molecule has 0 aliphatic heterocycles. The van der Waals surface area contributed by atoms with Crippen LogP contribution in [0.25, 0.3) is 16.9 Å². The van der Waals surface area contributed by atoms with Crippen molar-refractivity contribution in [1.29, 1.82) is 0 Å². The molecule has 0 saturated heterocycles. The Morgan fingerprint density at radius 3 is 2.57 bits per heavy atom. The lowest BCUT2D eigenvalue weighted by molar-refractivity contribution is 0.340. The van der Waals surface area contributed by atoms with E-state index >= 15 is 0 Å². The zero-order valence-corrected chi connectivity index (χ0v) is 17.4. The van der Waals surface area contributed by atoms with Gasteiger partial charge in [-0.15, -0.1) is 0 Å². The fraction of sp³-hybridized carbons (Fsp3) is 0.136. The van der Waals surface area contributed by atoms with E-state index in [4.69, 9.17) is 9.47 Å². The quantitative estimate of drug-likeness (QED) is 0.482. The van der Waals surface area contributed by atoms with Crippen LogP contribution in [0, 0.1) is 0 Å². The Morgan fingerprint density at radius 2 is 1.87 bits per heavy atom. The van der Waals surface area contributed by atoms with Gasteiger partial charge in [-0.3, -0.25) is 4.72 Å². The van der Waals surface area contributed by atoms with Crippen LogP contribution >= 0.6 is 0 Å². The summed E-state index contributed by atoms with van der Waals surface area (Å²) >= 11 is 0. The highest BCUT2D eigenvalue weighted by atomic mass is 32.2. The molecule has 8 heteroatoms. The number of fused-ring (bicyclic) bond motifs is 1. The second-order valence-electron chi connectivity index (χ2n) is 6.52. The lowest BCUT2D eigenvalue weighted by atomic mass is 10.1. The Hall–Kier alpha value is -3.52. The van der Waals surface area contributed by atoms with Crippen molar-refractivity contribution in [3.05, 3.63) is 73.1 Å². The molecule has 0 spiro atoms. The third kappa shape index (κ3) is 3.95. The highest BCUT2D eigenvalue weighted by Crippen LogP contribution is 2.32. The molecule has 2 aromatic heterocycles. The number of nitrogens with one attached hydrogen (secondary N) is 1. The first-order valence-corrected chi connectivity index (χ1v) is 10.9.